The van der Waals surface area contributed by atoms with Crippen molar-refractivity contribution >= 4 is 8.80 Å². The maximum absolute atomic E-state index is 2.61. The average Bonchev–Trinajstić information content (AvgIpc) is 2.19. The predicted molar refractivity (Wildman–Crippen MR) is 65.1 cm³/mol. The van der Waals surface area contributed by atoms with E-state index in [1.54, 1.807) is 6.04 Å². The highest BCUT2D eigenvalue weighted by atomic mass is 28.3. The summed E-state index contributed by atoms with van der Waals surface area (Å²) in [6.45, 7) is 11.7. The minimum Gasteiger partial charge on any atom is -0.307 e. The van der Waals surface area contributed by atoms with Crippen LogP contribution >= 0.6 is 0 Å². The van der Waals surface area contributed by atoms with E-state index in [9.17, 15) is 0 Å². The smallest absolute Gasteiger partial charge is 0.0528 e. The van der Waals surface area contributed by atoms with Crippen molar-refractivity contribution in [3.8, 4) is 0 Å². The van der Waals surface area contributed by atoms with E-state index in [1.807, 2.05) is 0 Å². The summed E-state index contributed by atoms with van der Waals surface area (Å²) in [7, 11) is -0.398. The molecule has 0 radical (unpaired) electrons. The SMILES string of the molecule is CCCC[SiH](CC)CN(CC)CC. The van der Waals surface area contributed by atoms with Crippen LogP contribution in [0.4, 0.5) is 0 Å². The summed E-state index contributed by atoms with van der Waals surface area (Å²) in [4.78, 5) is 2.61. The summed E-state index contributed by atoms with van der Waals surface area (Å²) in [5.41, 5.74) is 0. The fourth-order valence-electron chi connectivity index (χ4n) is 1.76. The van der Waals surface area contributed by atoms with Gasteiger partial charge in [0, 0.05) is 0 Å². The molecule has 0 N–H and O–H groups in total. The molecule has 0 aliphatic heterocycles. The molecule has 0 fully saturated rings. The monoisotopic (exact) mass is 201 g/mol. The van der Waals surface area contributed by atoms with Crippen molar-refractivity contribution in [2.75, 3.05) is 19.3 Å². The minimum absolute atomic E-state index is 0.398. The fourth-order valence-corrected chi connectivity index (χ4v) is 4.85. The lowest BCUT2D eigenvalue weighted by Crippen LogP contribution is -2.34. The first-order valence-corrected chi connectivity index (χ1v) is 8.45. The minimum atomic E-state index is -0.398. The molecule has 13 heavy (non-hydrogen) atoms. The van der Waals surface area contributed by atoms with Crippen LogP contribution in [0.5, 0.6) is 0 Å². The molecule has 0 aromatic rings. The highest BCUT2D eigenvalue weighted by Crippen LogP contribution is 2.07. The lowest BCUT2D eigenvalue weighted by atomic mass is 10.4. The molecular formula is C11H27NSi. The van der Waals surface area contributed by atoms with Crippen molar-refractivity contribution in [2.24, 2.45) is 0 Å². The van der Waals surface area contributed by atoms with E-state index in [0.717, 1.165) is 0 Å². The van der Waals surface area contributed by atoms with Gasteiger partial charge in [-0.15, -0.1) is 0 Å². The molecular weight excluding hydrogens is 174 g/mol. The third-order valence-corrected chi connectivity index (χ3v) is 6.37. The van der Waals surface area contributed by atoms with Gasteiger partial charge in [0.1, 0.15) is 0 Å². The molecule has 1 unspecified atom stereocenters. The summed E-state index contributed by atoms with van der Waals surface area (Å²) in [6.07, 6.45) is 4.29. The number of nitrogens with zero attached hydrogens (tertiary/aromatic N) is 1. The van der Waals surface area contributed by atoms with E-state index in [1.165, 1.54) is 38.1 Å². The summed E-state index contributed by atoms with van der Waals surface area (Å²) >= 11 is 0. The number of unbranched alkanes of at least 4 members (excludes halogenated alkanes) is 1. The van der Waals surface area contributed by atoms with Crippen LogP contribution < -0.4 is 0 Å². The predicted octanol–water partition coefficient (Wildman–Crippen LogP) is 2.91. The lowest BCUT2D eigenvalue weighted by Gasteiger charge is -2.23. The Morgan fingerprint density at radius 3 is 2.00 bits per heavy atom. The molecule has 1 nitrogen and oxygen atoms in total. The molecule has 1 atom stereocenters. The third kappa shape index (κ3) is 6.27. The molecule has 0 aliphatic rings. The van der Waals surface area contributed by atoms with Crippen molar-refractivity contribution in [1.82, 2.24) is 4.90 Å². The van der Waals surface area contributed by atoms with Crippen LogP contribution in [0, 0.1) is 0 Å². The van der Waals surface area contributed by atoms with Gasteiger partial charge in [0.05, 0.1) is 8.80 Å². The van der Waals surface area contributed by atoms with Gasteiger partial charge in [-0.05, 0) is 19.3 Å². The quantitative estimate of drug-likeness (QED) is 0.546. The number of hydrogen-bond donors (Lipinski definition) is 0. The van der Waals surface area contributed by atoms with Gasteiger partial charge in [0.15, 0.2) is 0 Å². The van der Waals surface area contributed by atoms with Gasteiger partial charge < -0.3 is 4.90 Å². The molecule has 80 valence electrons. The fraction of sp³-hybridized carbons (Fsp3) is 1.00. The van der Waals surface area contributed by atoms with Crippen LogP contribution in [-0.2, 0) is 0 Å². The molecule has 2 heteroatoms. The van der Waals surface area contributed by atoms with Gasteiger partial charge in [-0.2, -0.15) is 0 Å². The normalized spacial score (nSPS) is 13.6. The molecule has 0 aromatic carbocycles. The first-order valence-electron chi connectivity index (χ1n) is 6.00. The van der Waals surface area contributed by atoms with Crippen LogP contribution in [0.25, 0.3) is 0 Å². The molecule has 0 aromatic heterocycles. The Balaban J connectivity index is 3.67. The summed E-state index contributed by atoms with van der Waals surface area (Å²) in [5.74, 6) is 0. The molecule has 0 bridgehead atoms. The maximum atomic E-state index is 2.61. The summed E-state index contributed by atoms with van der Waals surface area (Å²) < 4.78 is 0. The van der Waals surface area contributed by atoms with E-state index in [4.69, 9.17) is 0 Å². The van der Waals surface area contributed by atoms with Crippen molar-refractivity contribution in [3.05, 3.63) is 0 Å². The molecule has 0 amide bonds. The van der Waals surface area contributed by atoms with Gasteiger partial charge >= 0.3 is 0 Å². The average molecular weight is 201 g/mol. The zero-order valence-corrected chi connectivity index (χ0v) is 11.1. The molecule has 0 heterocycles. The van der Waals surface area contributed by atoms with Crippen LogP contribution in [0.2, 0.25) is 12.1 Å². The summed E-state index contributed by atoms with van der Waals surface area (Å²) in [5, 5.41) is 0. The third-order valence-electron chi connectivity index (χ3n) is 2.95. The highest BCUT2D eigenvalue weighted by molar-refractivity contribution is 6.58. The van der Waals surface area contributed by atoms with Gasteiger partial charge in [-0.3, -0.25) is 0 Å². The van der Waals surface area contributed by atoms with Crippen LogP contribution in [0.1, 0.15) is 40.5 Å². The Labute approximate surface area is 86.1 Å². The maximum Gasteiger partial charge on any atom is 0.0528 e. The molecule has 0 rings (SSSR count). The second-order valence-corrected chi connectivity index (χ2v) is 7.39. The second kappa shape index (κ2) is 8.76. The first kappa shape index (κ1) is 13.2. The standard InChI is InChI=1S/C11H27NSi/c1-5-9-10-13(8-4)11-12(6-2)7-3/h13H,5-11H2,1-4H3. The van der Waals surface area contributed by atoms with E-state index in [-0.39, 0.29) is 0 Å². The van der Waals surface area contributed by atoms with Crippen molar-refractivity contribution in [2.45, 2.75) is 52.6 Å². The van der Waals surface area contributed by atoms with E-state index in [2.05, 4.69) is 32.6 Å². The Morgan fingerprint density at radius 1 is 1.00 bits per heavy atom. The Morgan fingerprint density at radius 2 is 1.62 bits per heavy atom. The van der Waals surface area contributed by atoms with E-state index in [0.29, 0.717) is 0 Å². The van der Waals surface area contributed by atoms with Gasteiger partial charge in [-0.1, -0.05) is 52.6 Å². The van der Waals surface area contributed by atoms with E-state index >= 15 is 0 Å². The molecule has 0 saturated carbocycles. The lowest BCUT2D eigenvalue weighted by molar-refractivity contribution is 0.349. The van der Waals surface area contributed by atoms with Crippen LogP contribution in [0.3, 0.4) is 0 Å². The van der Waals surface area contributed by atoms with Crippen LogP contribution in [0.15, 0.2) is 0 Å². The Kier molecular flexibility index (Phi) is 8.88. The molecule has 0 saturated heterocycles. The van der Waals surface area contributed by atoms with E-state index < -0.39 is 8.80 Å². The van der Waals surface area contributed by atoms with Gasteiger partial charge in [0.2, 0.25) is 0 Å². The molecule has 0 spiro atoms. The van der Waals surface area contributed by atoms with Crippen molar-refractivity contribution in [1.29, 1.82) is 0 Å². The largest absolute Gasteiger partial charge is 0.307 e. The van der Waals surface area contributed by atoms with Crippen molar-refractivity contribution < 1.29 is 0 Å². The zero-order valence-electron chi connectivity index (χ0n) is 9.97. The zero-order chi connectivity index (χ0) is 10.1. The summed E-state index contributed by atoms with van der Waals surface area (Å²) in [6, 6.07) is 3.04. The van der Waals surface area contributed by atoms with Gasteiger partial charge in [-0.25, -0.2) is 0 Å². The second-order valence-electron chi connectivity index (χ2n) is 3.90. The van der Waals surface area contributed by atoms with Crippen LogP contribution in [-0.4, -0.2) is 33.0 Å². The Bertz CT molecular complexity index is 102. The number of hydrogen-bond acceptors (Lipinski definition) is 1. The highest BCUT2D eigenvalue weighted by Gasteiger charge is 2.10. The Hall–Kier alpha value is 0.177. The molecule has 0 aliphatic carbocycles. The van der Waals surface area contributed by atoms with Gasteiger partial charge in [0.25, 0.3) is 0 Å². The number of rotatable bonds is 8. The van der Waals surface area contributed by atoms with Crippen molar-refractivity contribution in [3.63, 3.8) is 0 Å². The first-order chi connectivity index (χ1) is 6.28. The topological polar surface area (TPSA) is 3.24 Å².